The van der Waals surface area contributed by atoms with Crippen LogP contribution >= 0.6 is 0 Å². The number of rotatable bonds is 4. The van der Waals surface area contributed by atoms with Crippen molar-refractivity contribution < 1.29 is 14.6 Å². The van der Waals surface area contributed by atoms with E-state index in [0.717, 1.165) is 25.2 Å². The predicted octanol–water partition coefficient (Wildman–Crippen LogP) is 1.92. The molecule has 4 heteroatoms. The van der Waals surface area contributed by atoms with Crippen LogP contribution in [0.2, 0.25) is 0 Å². The summed E-state index contributed by atoms with van der Waals surface area (Å²) < 4.78 is 5.71. The number of hydrogen-bond donors (Lipinski definition) is 1. The third-order valence-electron chi connectivity index (χ3n) is 3.28. The molecule has 0 aliphatic carbocycles. The first kappa shape index (κ1) is 14.0. The topological polar surface area (TPSA) is 49.8 Å². The molecule has 2 atom stereocenters. The summed E-state index contributed by atoms with van der Waals surface area (Å²) in [4.78, 5) is 13.0. The van der Waals surface area contributed by atoms with Crippen molar-refractivity contribution in [2.24, 2.45) is 0 Å². The second kappa shape index (κ2) is 6.17. The second-order valence-corrected chi connectivity index (χ2v) is 5.34. The monoisotopic (exact) mass is 263 g/mol. The van der Waals surface area contributed by atoms with Gasteiger partial charge in [-0.2, -0.15) is 0 Å². The first-order valence-electron chi connectivity index (χ1n) is 6.70. The van der Waals surface area contributed by atoms with E-state index in [-0.39, 0.29) is 18.6 Å². The second-order valence-electron chi connectivity index (χ2n) is 5.34. The van der Waals surface area contributed by atoms with Crippen LogP contribution in [0.4, 0.5) is 0 Å². The van der Waals surface area contributed by atoms with E-state index in [1.54, 1.807) is 0 Å². The van der Waals surface area contributed by atoms with Crippen molar-refractivity contribution in [2.75, 3.05) is 13.1 Å². The highest BCUT2D eigenvalue weighted by Crippen LogP contribution is 2.14. The van der Waals surface area contributed by atoms with Gasteiger partial charge in [-0.1, -0.05) is 24.3 Å². The molecule has 1 aromatic carbocycles. The number of nitrogens with zero attached hydrogens (tertiary/aromatic N) is 1. The molecule has 1 saturated heterocycles. The van der Waals surface area contributed by atoms with Gasteiger partial charge in [-0.05, 0) is 25.0 Å². The van der Waals surface area contributed by atoms with Gasteiger partial charge in [0, 0.05) is 19.6 Å². The van der Waals surface area contributed by atoms with Crippen LogP contribution in [0.15, 0.2) is 24.3 Å². The Morgan fingerprint density at radius 3 is 2.26 bits per heavy atom. The standard InChI is InChI=1S/C15H21NO3/c1-11-8-16(9-12(2)19-11)10-14-5-3-13(4-6-14)7-15(17)18/h3-6,11-12H,7-10H2,1-2H3,(H,17,18). The van der Waals surface area contributed by atoms with Crippen LogP contribution < -0.4 is 0 Å². The molecule has 0 bridgehead atoms. The molecule has 0 amide bonds. The van der Waals surface area contributed by atoms with Crippen molar-refractivity contribution in [1.82, 2.24) is 4.90 Å². The molecule has 1 heterocycles. The highest BCUT2D eigenvalue weighted by atomic mass is 16.5. The Balaban J connectivity index is 1.93. The number of carboxylic acids is 1. The number of carboxylic acid groups (broad SMARTS) is 1. The quantitative estimate of drug-likeness (QED) is 0.901. The molecule has 2 unspecified atom stereocenters. The molecule has 0 aromatic heterocycles. The summed E-state index contributed by atoms with van der Waals surface area (Å²) >= 11 is 0. The Morgan fingerprint density at radius 1 is 1.21 bits per heavy atom. The molecule has 1 aliphatic heterocycles. The van der Waals surface area contributed by atoms with E-state index in [1.165, 1.54) is 5.56 Å². The van der Waals surface area contributed by atoms with E-state index < -0.39 is 5.97 Å². The SMILES string of the molecule is CC1CN(Cc2ccc(CC(=O)O)cc2)CC(C)O1. The molecule has 4 nitrogen and oxygen atoms in total. The number of benzene rings is 1. The molecule has 2 rings (SSSR count). The van der Waals surface area contributed by atoms with E-state index in [9.17, 15) is 4.79 Å². The number of ether oxygens (including phenoxy) is 1. The molecule has 104 valence electrons. The molecular formula is C15H21NO3. The highest BCUT2D eigenvalue weighted by molar-refractivity contribution is 5.70. The summed E-state index contributed by atoms with van der Waals surface area (Å²) in [6, 6.07) is 7.83. The van der Waals surface area contributed by atoms with Crippen LogP contribution in [-0.2, 0) is 22.5 Å². The summed E-state index contributed by atoms with van der Waals surface area (Å²) in [5.74, 6) is -0.788. The summed E-state index contributed by atoms with van der Waals surface area (Å²) in [6.45, 7) is 6.98. The summed E-state index contributed by atoms with van der Waals surface area (Å²) in [6.07, 6.45) is 0.636. The van der Waals surface area contributed by atoms with Crippen LogP contribution in [0.5, 0.6) is 0 Å². The van der Waals surface area contributed by atoms with E-state index in [4.69, 9.17) is 9.84 Å². The lowest BCUT2D eigenvalue weighted by molar-refractivity contribution is -0.136. The zero-order chi connectivity index (χ0) is 13.8. The van der Waals surface area contributed by atoms with Crippen molar-refractivity contribution in [1.29, 1.82) is 0 Å². The van der Waals surface area contributed by atoms with Crippen LogP contribution in [0.3, 0.4) is 0 Å². The van der Waals surface area contributed by atoms with Crippen molar-refractivity contribution in [2.45, 2.75) is 39.0 Å². The molecular weight excluding hydrogens is 242 g/mol. The average molecular weight is 263 g/mol. The van der Waals surface area contributed by atoms with Gasteiger partial charge in [0.1, 0.15) is 0 Å². The average Bonchev–Trinajstić information content (AvgIpc) is 2.29. The molecule has 1 aromatic rings. The molecule has 1 N–H and O–H groups in total. The van der Waals surface area contributed by atoms with Gasteiger partial charge in [0.25, 0.3) is 0 Å². The predicted molar refractivity (Wildman–Crippen MR) is 73.1 cm³/mol. The lowest BCUT2D eigenvalue weighted by atomic mass is 10.1. The van der Waals surface area contributed by atoms with Gasteiger partial charge in [-0.3, -0.25) is 9.69 Å². The van der Waals surface area contributed by atoms with E-state index in [1.807, 2.05) is 24.3 Å². The van der Waals surface area contributed by atoms with Gasteiger partial charge < -0.3 is 9.84 Å². The summed E-state index contributed by atoms with van der Waals surface area (Å²) in [7, 11) is 0. The zero-order valence-electron chi connectivity index (χ0n) is 11.5. The van der Waals surface area contributed by atoms with Crippen LogP contribution in [0, 0.1) is 0 Å². The maximum absolute atomic E-state index is 10.6. The van der Waals surface area contributed by atoms with E-state index in [2.05, 4.69) is 18.7 Å². The minimum Gasteiger partial charge on any atom is -0.481 e. The minimum absolute atomic E-state index is 0.0892. The first-order valence-corrected chi connectivity index (χ1v) is 6.70. The fourth-order valence-corrected chi connectivity index (χ4v) is 2.61. The van der Waals surface area contributed by atoms with Crippen LogP contribution in [-0.4, -0.2) is 41.3 Å². The largest absolute Gasteiger partial charge is 0.481 e. The maximum Gasteiger partial charge on any atom is 0.307 e. The maximum atomic E-state index is 10.6. The Hall–Kier alpha value is -1.39. The third-order valence-corrected chi connectivity index (χ3v) is 3.28. The lowest BCUT2D eigenvalue weighted by Crippen LogP contribution is -2.44. The fourth-order valence-electron chi connectivity index (χ4n) is 2.61. The summed E-state index contributed by atoms with van der Waals surface area (Å²) in [5, 5.41) is 8.73. The Labute approximate surface area is 114 Å². The van der Waals surface area contributed by atoms with Gasteiger partial charge in [-0.15, -0.1) is 0 Å². The number of morpholine rings is 1. The first-order chi connectivity index (χ1) is 9.02. The third kappa shape index (κ3) is 4.33. The van der Waals surface area contributed by atoms with Crippen molar-refractivity contribution in [3.8, 4) is 0 Å². The Bertz CT molecular complexity index is 420. The fraction of sp³-hybridized carbons (Fsp3) is 0.533. The van der Waals surface area contributed by atoms with Crippen LogP contribution in [0.1, 0.15) is 25.0 Å². The van der Waals surface area contributed by atoms with Gasteiger partial charge >= 0.3 is 5.97 Å². The van der Waals surface area contributed by atoms with Gasteiger partial charge in [0.2, 0.25) is 0 Å². The number of aliphatic carboxylic acids is 1. The molecule has 19 heavy (non-hydrogen) atoms. The van der Waals surface area contributed by atoms with Crippen molar-refractivity contribution in [3.63, 3.8) is 0 Å². The smallest absolute Gasteiger partial charge is 0.307 e. The van der Waals surface area contributed by atoms with Crippen molar-refractivity contribution >= 4 is 5.97 Å². The highest BCUT2D eigenvalue weighted by Gasteiger charge is 2.21. The lowest BCUT2D eigenvalue weighted by Gasteiger charge is -2.35. The van der Waals surface area contributed by atoms with E-state index in [0.29, 0.717) is 0 Å². The minimum atomic E-state index is -0.788. The number of hydrogen-bond acceptors (Lipinski definition) is 3. The molecule has 1 aliphatic rings. The van der Waals surface area contributed by atoms with Gasteiger partial charge in [-0.25, -0.2) is 0 Å². The van der Waals surface area contributed by atoms with Crippen molar-refractivity contribution in [3.05, 3.63) is 35.4 Å². The Morgan fingerprint density at radius 2 is 1.74 bits per heavy atom. The summed E-state index contributed by atoms with van der Waals surface area (Å²) in [5.41, 5.74) is 2.07. The van der Waals surface area contributed by atoms with Gasteiger partial charge in [0.15, 0.2) is 0 Å². The Kier molecular flexibility index (Phi) is 4.56. The molecule has 1 fully saturated rings. The molecule has 0 radical (unpaired) electrons. The van der Waals surface area contributed by atoms with Gasteiger partial charge in [0.05, 0.1) is 18.6 Å². The molecule has 0 spiro atoms. The van der Waals surface area contributed by atoms with Crippen LogP contribution in [0.25, 0.3) is 0 Å². The molecule has 0 saturated carbocycles. The normalized spacial score (nSPS) is 24.3. The zero-order valence-corrected chi connectivity index (χ0v) is 11.5. The number of carbonyl (C=O) groups is 1. The van der Waals surface area contributed by atoms with E-state index >= 15 is 0 Å².